The van der Waals surface area contributed by atoms with Gasteiger partial charge in [-0.2, -0.15) is 5.26 Å². The minimum atomic E-state index is 0.650. The highest BCUT2D eigenvalue weighted by atomic mass is 32.2. The maximum absolute atomic E-state index is 9.06. The Kier molecular flexibility index (Phi) is 4.06. The van der Waals surface area contributed by atoms with Gasteiger partial charge in [-0.15, -0.1) is 25.3 Å². The van der Waals surface area contributed by atoms with Crippen LogP contribution in [-0.2, 0) is 0 Å². The Balaban J connectivity index is 2.30. The van der Waals surface area contributed by atoms with Crippen LogP contribution < -0.4 is 0 Å². The lowest BCUT2D eigenvalue weighted by Crippen LogP contribution is -1.81. The van der Waals surface area contributed by atoms with E-state index in [1.165, 1.54) is 0 Å². The molecule has 0 aliphatic rings. The number of rotatable bonds is 2. The van der Waals surface area contributed by atoms with Gasteiger partial charge in [0.05, 0.1) is 5.56 Å². The third-order valence-electron chi connectivity index (χ3n) is 2.15. The van der Waals surface area contributed by atoms with E-state index in [1.54, 1.807) is 17.8 Å². The summed E-state index contributed by atoms with van der Waals surface area (Å²) >= 11 is 10.0. The van der Waals surface area contributed by atoms with Crippen LogP contribution in [0.4, 0.5) is 0 Å². The van der Waals surface area contributed by atoms with Gasteiger partial charge < -0.3 is 0 Å². The molecule has 0 saturated heterocycles. The van der Waals surface area contributed by atoms with Crippen molar-refractivity contribution in [3.63, 3.8) is 0 Å². The SMILES string of the molecule is N#Cc1cc(S)ccc1Sc1ccc(S)cc1. The number of hydrogen-bond acceptors (Lipinski definition) is 4. The number of hydrogen-bond donors (Lipinski definition) is 2. The zero-order valence-corrected chi connectivity index (χ0v) is 11.4. The number of benzene rings is 2. The third kappa shape index (κ3) is 3.22. The summed E-state index contributed by atoms with van der Waals surface area (Å²) in [5.41, 5.74) is 0.650. The molecular formula is C13H9NS3. The van der Waals surface area contributed by atoms with Crippen LogP contribution in [0.15, 0.2) is 62.0 Å². The van der Waals surface area contributed by atoms with Gasteiger partial charge in [0.1, 0.15) is 6.07 Å². The average molecular weight is 275 g/mol. The lowest BCUT2D eigenvalue weighted by Gasteiger charge is -2.04. The van der Waals surface area contributed by atoms with Gasteiger partial charge in [-0.1, -0.05) is 11.8 Å². The quantitative estimate of drug-likeness (QED) is 0.799. The molecule has 1 nitrogen and oxygen atoms in total. The molecular weight excluding hydrogens is 266 g/mol. The van der Waals surface area contributed by atoms with Crippen molar-refractivity contribution in [3.05, 3.63) is 48.0 Å². The van der Waals surface area contributed by atoms with Gasteiger partial charge in [0, 0.05) is 19.6 Å². The Morgan fingerprint density at radius 2 is 1.59 bits per heavy atom. The number of nitrogens with zero attached hydrogens (tertiary/aromatic N) is 1. The average Bonchev–Trinajstić information content (AvgIpc) is 2.34. The topological polar surface area (TPSA) is 23.8 Å². The molecule has 0 bridgehead atoms. The Labute approximate surface area is 116 Å². The highest BCUT2D eigenvalue weighted by Crippen LogP contribution is 2.31. The second-order valence-corrected chi connectivity index (χ2v) is 5.54. The number of thiol groups is 2. The Morgan fingerprint density at radius 3 is 2.24 bits per heavy atom. The predicted molar refractivity (Wildman–Crippen MR) is 76.2 cm³/mol. The Bertz CT molecular complexity index is 570. The van der Waals surface area contributed by atoms with Crippen LogP contribution in [0.25, 0.3) is 0 Å². The molecule has 0 radical (unpaired) electrons. The van der Waals surface area contributed by atoms with Gasteiger partial charge in [0.25, 0.3) is 0 Å². The molecule has 0 spiro atoms. The van der Waals surface area contributed by atoms with E-state index in [-0.39, 0.29) is 0 Å². The van der Waals surface area contributed by atoms with E-state index in [0.29, 0.717) is 5.56 Å². The van der Waals surface area contributed by atoms with Crippen LogP contribution >= 0.6 is 37.0 Å². The molecule has 0 aromatic heterocycles. The summed E-state index contributed by atoms with van der Waals surface area (Å²) in [5, 5.41) is 9.06. The highest BCUT2D eigenvalue weighted by molar-refractivity contribution is 7.99. The first kappa shape index (κ1) is 12.4. The molecule has 84 valence electrons. The predicted octanol–water partition coefficient (Wildman–Crippen LogP) is 4.29. The molecule has 2 aromatic rings. The van der Waals surface area contributed by atoms with E-state index in [2.05, 4.69) is 31.3 Å². The van der Waals surface area contributed by atoms with Crippen molar-refractivity contribution in [2.75, 3.05) is 0 Å². The van der Waals surface area contributed by atoms with E-state index >= 15 is 0 Å². The van der Waals surface area contributed by atoms with Gasteiger partial charge in [-0.25, -0.2) is 0 Å². The third-order valence-corrected chi connectivity index (χ3v) is 3.81. The van der Waals surface area contributed by atoms with Crippen LogP contribution in [0.3, 0.4) is 0 Å². The summed E-state index contributed by atoms with van der Waals surface area (Å²) in [5.74, 6) is 0. The Morgan fingerprint density at radius 1 is 0.941 bits per heavy atom. The number of nitriles is 1. The van der Waals surface area contributed by atoms with Crippen LogP contribution in [0.1, 0.15) is 5.56 Å². The lowest BCUT2D eigenvalue weighted by molar-refractivity contribution is 1.29. The molecule has 17 heavy (non-hydrogen) atoms. The molecule has 0 aliphatic carbocycles. The molecule has 2 aromatic carbocycles. The van der Waals surface area contributed by atoms with E-state index < -0.39 is 0 Å². The zero-order valence-electron chi connectivity index (χ0n) is 8.79. The minimum Gasteiger partial charge on any atom is -0.192 e. The first-order valence-electron chi connectivity index (χ1n) is 4.89. The van der Waals surface area contributed by atoms with Gasteiger partial charge >= 0.3 is 0 Å². The molecule has 0 aliphatic heterocycles. The van der Waals surface area contributed by atoms with Crippen molar-refractivity contribution in [3.8, 4) is 6.07 Å². The molecule has 0 fully saturated rings. The van der Waals surface area contributed by atoms with Crippen molar-refractivity contribution < 1.29 is 0 Å². The molecule has 0 unspecified atom stereocenters. The first-order chi connectivity index (χ1) is 8.19. The van der Waals surface area contributed by atoms with E-state index in [9.17, 15) is 0 Å². The maximum atomic E-state index is 9.06. The summed E-state index contributed by atoms with van der Waals surface area (Å²) < 4.78 is 0. The summed E-state index contributed by atoms with van der Waals surface area (Å²) in [6.45, 7) is 0. The Hall–Kier alpha value is -1.02. The minimum absolute atomic E-state index is 0.650. The molecule has 0 heterocycles. The van der Waals surface area contributed by atoms with Crippen molar-refractivity contribution >= 4 is 37.0 Å². The smallest absolute Gasteiger partial charge is 0.100 e. The molecule has 2 rings (SSSR count). The van der Waals surface area contributed by atoms with Crippen LogP contribution in [0, 0.1) is 11.3 Å². The fourth-order valence-electron chi connectivity index (χ4n) is 1.34. The summed E-state index contributed by atoms with van der Waals surface area (Å²) in [6.07, 6.45) is 0. The van der Waals surface area contributed by atoms with Gasteiger partial charge in [-0.05, 0) is 42.5 Å². The monoisotopic (exact) mass is 275 g/mol. The van der Waals surface area contributed by atoms with Crippen molar-refractivity contribution in [1.82, 2.24) is 0 Å². The fraction of sp³-hybridized carbons (Fsp3) is 0. The standard InChI is InChI=1S/C13H9NS3/c14-8-9-7-11(16)3-6-13(9)17-12-4-1-10(15)2-5-12/h1-7,15-16H. The van der Waals surface area contributed by atoms with Gasteiger partial charge in [0.2, 0.25) is 0 Å². The fourth-order valence-corrected chi connectivity index (χ4v) is 2.56. The van der Waals surface area contributed by atoms with E-state index in [0.717, 1.165) is 19.6 Å². The zero-order chi connectivity index (χ0) is 12.3. The van der Waals surface area contributed by atoms with Crippen LogP contribution in [0.5, 0.6) is 0 Å². The maximum Gasteiger partial charge on any atom is 0.100 e. The largest absolute Gasteiger partial charge is 0.192 e. The second kappa shape index (κ2) is 5.54. The molecule has 0 amide bonds. The molecule has 0 saturated carbocycles. The van der Waals surface area contributed by atoms with Crippen molar-refractivity contribution in [2.45, 2.75) is 19.6 Å². The summed E-state index contributed by atoms with van der Waals surface area (Å²) in [7, 11) is 0. The van der Waals surface area contributed by atoms with Crippen molar-refractivity contribution in [2.24, 2.45) is 0 Å². The lowest BCUT2D eigenvalue weighted by atomic mass is 10.2. The molecule has 4 heteroatoms. The van der Waals surface area contributed by atoms with E-state index in [1.807, 2.05) is 36.4 Å². The highest BCUT2D eigenvalue weighted by Gasteiger charge is 2.04. The van der Waals surface area contributed by atoms with Crippen LogP contribution in [-0.4, -0.2) is 0 Å². The first-order valence-corrected chi connectivity index (χ1v) is 6.60. The van der Waals surface area contributed by atoms with Crippen molar-refractivity contribution in [1.29, 1.82) is 5.26 Å². The van der Waals surface area contributed by atoms with Crippen LogP contribution in [0.2, 0.25) is 0 Å². The van der Waals surface area contributed by atoms with Gasteiger partial charge in [-0.3, -0.25) is 0 Å². The molecule has 0 N–H and O–H groups in total. The summed E-state index contributed by atoms with van der Waals surface area (Å²) in [4.78, 5) is 3.76. The second-order valence-electron chi connectivity index (χ2n) is 3.39. The van der Waals surface area contributed by atoms with Gasteiger partial charge in [0.15, 0.2) is 0 Å². The van der Waals surface area contributed by atoms with E-state index in [4.69, 9.17) is 5.26 Å². The molecule has 0 atom stereocenters. The summed E-state index contributed by atoms with van der Waals surface area (Å²) in [6, 6.07) is 15.6. The normalized spacial score (nSPS) is 9.94.